The second kappa shape index (κ2) is 7.99. The number of nitrogens with zero attached hydrogens (tertiary/aromatic N) is 3. The van der Waals surface area contributed by atoms with Gasteiger partial charge in [-0.2, -0.15) is 5.10 Å². The predicted octanol–water partition coefficient (Wildman–Crippen LogP) is 3.19. The molecule has 0 saturated heterocycles. The summed E-state index contributed by atoms with van der Waals surface area (Å²) in [5, 5.41) is 7.03. The Balaban J connectivity index is 1.26. The lowest BCUT2D eigenvalue weighted by molar-refractivity contribution is 0.0631. The average Bonchev–Trinajstić information content (AvgIpc) is 3.58. The van der Waals surface area contributed by atoms with Crippen molar-refractivity contribution in [2.75, 3.05) is 0 Å². The Hall–Kier alpha value is -4.46. The van der Waals surface area contributed by atoms with Crippen molar-refractivity contribution in [3.63, 3.8) is 0 Å². The summed E-state index contributed by atoms with van der Waals surface area (Å²) in [4.78, 5) is 39.1. The summed E-state index contributed by atoms with van der Waals surface area (Å²) in [5.41, 5.74) is 2.67. The van der Waals surface area contributed by atoms with Gasteiger partial charge >= 0.3 is 0 Å². The topological polar surface area (TPSA) is 97.4 Å². The number of rotatable bonds is 6. The molecule has 1 N–H and O–H groups in total. The maximum absolute atomic E-state index is 12.7. The van der Waals surface area contributed by atoms with E-state index in [1.54, 1.807) is 29.1 Å². The highest BCUT2D eigenvalue weighted by Crippen LogP contribution is 2.26. The van der Waals surface area contributed by atoms with Gasteiger partial charge in [-0.15, -0.1) is 0 Å². The van der Waals surface area contributed by atoms with E-state index in [0.29, 0.717) is 17.9 Å². The van der Waals surface area contributed by atoms with Gasteiger partial charge in [0, 0.05) is 24.5 Å². The molecule has 5 rings (SSSR count). The van der Waals surface area contributed by atoms with Crippen LogP contribution in [0.25, 0.3) is 5.69 Å². The van der Waals surface area contributed by atoms with E-state index in [0.717, 1.165) is 16.2 Å². The third kappa shape index (κ3) is 3.58. The minimum atomic E-state index is -0.440. The number of furan rings is 1. The predicted molar refractivity (Wildman–Crippen MR) is 114 cm³/mol. The van der Waals surface area contributed by atoms with Crippen LogP contribution in [0.2, 0.25) is 0 Å². The number of hydrogen-bond donors (Lipinski definition) is 1. The minimum Gasteiger partial charge on any atom is -0.467 e. The van der Waals surface area contributed by atoms with Crippen LogP contribution in [-0.2, 0) is 13.1 Å². The quantitative estimate of drug-likeness (QED) is 0.478. The summed E-state index contributed by atoms with van der Waals surface area (Å²) in [5.74, 6) is -0.652. The number of benzene rings is 2. The lowest BCUT2D eigenvalue weighted by atomic mass is 10.1. The highest BCUT2D eigenvalue weighted by Gasteiger charge is 2.36. The molecule has 8 heteroatoms. The van der Waals surface area contributed by atoms with Crippen LogP contribution in [0.1, 0.15) is 42.4 Å². The second-order valence-electron chi connectivity index (χ2n) is 7.34. The van der Waals surface area contributed by atoms with Gasteiger partial charge in [0.25, 0.3) is 17.7 Å². The molecule has 2 aromatic carbocycles. The molecular formula is C24H18N4O4. The van der Waals surface area contributed by atoms with E-state index in [2.05, 4.69) is 10.4 Å². The van der Waals surface area contributed by atoms with Crippen molar-refractivity contribution in [2.24, 2.45) is 0 Å². The number of carbonyl (C=O) groups is 3. The first-order valence-electron chi connectivity index (χ1n) is 10.00. The van der Waals surface area contributed by atoms with E-state index < -0.39 is 11.8 Å². The molecule has 0 spiro atoms. The van der Waals surface area contributed by atoms with E-state index >= 15 is 0 Å². The number of carbonyl (C=O) groups excluding carboxylic acids is 3. The van der Waals surface area contributed by atoms with Crippen LogP contribution in [0, 0.1) is 0 Å². The van der Waals surface area contributed by atoms with Gasteiger partial charge in [0.05, 0.1) is 29.6 Å². The molecule has 8 nitrogen and oxygen atoms in total. The van der Waals surface area contributed by atoms with Gasteiger partial charge in [0.15, 0.2) is 0 Å². The van der Waals surface area contributed by atoms with Crippen molar-refractivity contribution in [3.8, 4) is 5.69 Å². The Bertz CT molecular complexity index is 1290. The lowest BCUT2D eigenvalue weighted by Gasteiger charge is -2.11. The van der Waals surface area contributed by atoms with E-state index in [9.17, 15) is 14.4 Å². The second-order valence-corrected chi connectivity index (χ2v) is 7.34. The summed E-state index contributed by atoms with van der Waals surface area (Å²) in [6, 6.07) is 17.4. The summed E-state index contributed by atoms with van der Waals surface area (Å²) in [6.07, 6.45) is 5.05. The molecule has 0 aliphatic carbocycles. The van der Waals surface area contributed by atoms with Gasteiger partial charge in [-0.1, -0.05) is 12.1 Å². The molecule has 4 aromatic rings. The number of fused-ring (bicyclic) bond motifs is 1. The number of nitrogens with one attached hydrogen (secondary N) is 1. The fourth-order valence-corrected chi connectivity index (χ4v) is 3.61. The third-order valence-electron chi connectivity index (χ3n) is 5.29. The van der Waals surface area contributed by atoms with E-state index in [4.69, 9.17) is 4.42 Å². The molecule has 0 saturated carbocycles. The van der Waals surface area contributed by atoms with Crippen molar-refractivity contribution < 1.29 is 18.8 Å². The van der Waals surface area contributed by atoms with Crippen LogP contribution in [0.4, 0.5) is 0 Å². The Morgan fingerprint density at radius 1 is 0.969 bits per heavy atom. The first-order chi connectivity index (χ1) is 15.6. The normalized spacial score (nSPS) is 12.8. The van der Waals surface area contributed by atoms with E-state index in [1.165, 1.54) is 18.4 Å². The van der Waals surface area contributed by atoms with E-state index in [1.807, 2.05) is 36.5 Å². The van der Waals surface area contributed by atoms with Crippen LogP contribution in [0.15, 0.2) is 83.7 Å². The van der Waals surface area contributed by atoms with Crippen LogP contribution >= 0.6 is 0 Å². The number of hydrogen-bond acceptors (Lipinski definition) is 5. The van der Waals surface area contributed by atoms with Crippen LogP contribution < -0.4 is 5.32 Å². The van der Waals surface area contributed by atoms with Gasteiger partial charge in [-0.25, -0.2) is 4.68 Å². The maximum Gasteiger partial charge on any atom is 0.261 e. The fraction of sp³-hybridized carbons (Fsp3) is 0.0833. The summed E-state index contributed by atoms with van der Waals surface area (Å²) < 4.78 is 6.99. The minimum absolute atomic E-state index is 0.0510. The van der Waals surface area contributed by atoms with Gasteiger partial charge in [0.1, 0.15) is 5.76 Å². The van der Waals surface area contributed by atoms with Crippen molar-refractivity contribution in [1.29, 1.82) is 0 Å². The summed E-state index contributed by atoms with van der Waals surface area (Å²) in [7, 11) is 0. The molecule has 1 aliphatic rings. The van der Waals surface area contributed by atoms with Crippen LogP contribution in [0.3, 0.4) is 0 Å². The zero-order chi connectivity index (χ0) is 22.1. The number of aromatic nitrogens is 2. The molecule has 0 atom stereocenters. The number of amides is 3. The van der Waals surface area contributed by atoms with Crippen molar-refractivity contribution in [2.45, 2.75) is 13.1 Å². The van der Waals surface area contributed by atoms with Crippen LogP contribution in [0.5, 0.6) is 0 Å². The van der Waals surface area contributed by atoms with Crippen molar-refractivity contribution in [1.82, 2.24) is 20.0 Å². The Morgan fingerprint density at radius 2 is 1.78 bits per heavy atom. The molecule has 3 amide bonds. The number of imide groups is 1. The Labute approximate surface area is 183 Å². The van der Waals surface area contributed by atoms with Crippen molar-refractivity contribution >= 4 is 17.7 Å². The van der Waals surface area contributed by atoms with Gasteiger partial charge < -0.3 is 9.73 Å². The highest BCUT2D eigenvalue weighted by atomic mass is 16.3. The van der Waals surface area contributed by atoms with Gasteiger partial charge in [-0.3, -0.25) is 19.3 Å². The standard InChI is InChI=1S/C24H18N4O4/c29-22(25-14-16-4-7-18(8-5-16)28-11-2-10-26-28)17-6-9-20-21(13-17)24(31)27(23(20)30)15-19-3-1-12-32-19/h1-13H,14-15H2,(H,25,29). The molecule has 0 bridgehead atoms. The molecule has 158 valence electrons. The molecule has 0 unspecified atom stereocenters. The molecule has 32 heavy (non-hydrogen) atoms. The summed E-state index contributed by atoms with van der Waals surface area (Å²) >= 11 is 0. The molecule has 0 fully saturated rings. The zero-order valence-electron chi connectivity index (χ0n) is 16.9. The molecule has 0 radical (unpaired) electrons. The molecule has 2 aromatic heterocycles. The SMILES string of the molecule is O=C(NCc1ccc(-n2cccn2)cc1)c1ccc2c(c1)C(=O)N(Cc1ccco1)C2=O. The lowest BCUT2D eigenvalue weighted by Crippen LogP contribution is -2.28. The first-order valence-corrected chi connectivity index (χ1v) is 10.00. The van der Waals surface area contributed by atoms with Crippen LogP contribution in [-0.4, -0.2) is 32.4 Å². The maximum atomic E-state index is 12.7. The molecule has 1 aliphatic heterocycles. The molecular weight excluding hydrogens is 408 g/mol. The summed E-state index contributed by atoms with van der Waals surface area (Å²) in [6.45, 7) is 0.377. The Kier molecular flexibility index (Phi) is 4.87. The largest absolute Gasteiger partial charge is 0.467 e. The average molecular weight is 426 g/mol. The van der Waals surface area contributed by atoms with E-state index in [-0.39, 0.29) is 23.6 Å². The van der Waals surface area contributed by atoms with Crippen molar-refractivity contribution in [3.05, 3.63) is 107 Å². The molecule has 3 heterocycles. The van der Waals surface area contributed by atoms with Gasteiger partial charge in [0.2, 0.25) is 0 Å². The monoisotopic (exact) mass is 426 g/mol. The smallest absolute Gasteiger partial charge is 0.261 e. The zero-order valence-corrected chi connectivity index (χ0v) is 16.9. The first kappa shape index (κ1) is 19.5. The fourth-order valence-electron chi connectivity index (χ4n) is 3.61. The van der Waals surface area contributed by atoms with Gasteiger partial charge in [-0.05, 0) is 54.1 Å². The third-order valence-corrected chi connectivity index (χ3v) is 5.29. The Morgan fingerprint density at radius 3 is 2.50 bits per heavy atom. The highest BCUT2D eigenvalue weighted by molar-refractivity contribution is 6.22.